The summed E-state index contributed by atoms with van der Waals surface area (Å²) >= 11 is 0. The Balaban J connectivity index is 2.00. The lowest BCUT2D eigenvalue weighted by Crippen LogP contribution is -2.17. The summed E-state index contributed by atoms with van der Waals surface area (Å²) < 4.78 is 5.26. The van der Waals surface area contributed by atoms with Gasteiger partial charge in [-0.1, -0.05) is 13.8 Å². The molecule has 3 heteroatoms. The van der Waals surface area contributed by atoms with Crippen molar-refractivity contribution in [3.8, 4) is 11.3 Å². The number of aromatic nitrogens is 1. The molecule has 1 N–H and O–H groups in total. The normalized spacial score (nSPS) is 12.7. The molecule has 0 aliphatic carbocycles. The first-order valence-corrected chi connectivity index (χ1v) is 6.40. The van der Waals surface area contributed by atoms with Gasteiger partial charge < -0.3 is 9.73 Å². The van der Waals surface area contributed by atoms with Gasteiger partial charge in [0, 0.05) is 17.3 Å². The summed E-state index contributed by atoms with van der Waals surface area (Å²) in [5, 5.41) is 3.50. The summed E-state index contributed by atoms with van der Waals surface area (Å²) in [6.45, 7) is 6.70. The van der Waals surface area contributed by atoms with E-state index in [4.69, 9.17) is 4.42 Å². The summed E-state index contributed by atoms with van der Waals surface area (Å²) in [6, 6.07) is 8.74. The van der Waals surface area contributed by atoms with E-state index < -0.39 is 0 Å². The molecule has 1 aromatic carbocycles. The van der Waals surface area contributed by atoms with E-state index in [1.165, 1.54) is 12.8 Å². The monoisotopic (exact) mass is 244 g/mol. The molecule has 0 aliphatic heterocycles. The topological polar surface area (TPSA) is 38.1 Å². The molecule has 18 heavy (non-hydrogen) atoms. The Morgan fingerprint density at radius 3 is 2.44 bits per heavy atom. The molecule has 0 bridgehead atoms. The van der Waals surface area contributed by atoms with Gasteiger partial charge in [-0.25, -0.2) is 4.98 Å². The Morgan fingerprint density at radius 1 is 1.17 bits per heavy atom. The van der Waals surface area contributed by atoms with Gasteiger partial charge in [0.2, 0.25) is 0 Å². The van der Waals surface area contributed by atoms with Crippen molar-refractivity contribution in [3.05, 3.63) is 36.9 Å². The Hall–Kier alpha value is -1.77. The van der Waals surface area contributed by atoms with Crippen molar-refractivity contribution < 1.29 is 4.42 Å². The van der Waals surface area contributed by atoms with E-state index in [2.05, 4.69) is 43.2 Å². The van der Waals surface area contributed by atoms with E-state index in [0.29, 0.717) is 12.0 Å². The maximum atomic E-state index is 5.26. The van der Waals surface area contributed by atoms with Crippen LogP contribution in [0.5, 0.6) is 0 Å². The molecule has 0 aliphatic rings. The van der Waals surface area contributed by atoms with Crippen molar-refractivity contribution in [2.75, 3.05) is 5.32 Å². The number of hydrogen-bond acceptors (Lipinski definition) is 3. The van der Waals surface area contributed by atoms with E-state index in [1.54, 1.807) is 6.20 Å². The summed E-state index contributed by atoms with van der Waals surface area (Å²) in [6.07, 6.45) is 4.35. The summed E-state index contributed by atoms with van der Waals surface area (Å²) in [5.74, 6) is 1.51. The second-order valence-corrected chi connectivity index (χ2v) is 5.12. The third-order valence-electron chi connectivity index (χ3n) is 2.84. The number of oxazole rings is 1. The first kappa shape index (κ1) is 12.7. The number of anilines is 1. The lowest BCUT2D eigenvalue weighted by atomic mass is 10.0. The fraction of sp³-hybridized carbons (Fsp3) is 0.400. The van der Waals surface area contributed by atoms with Gasteiger partial charge >= 0.3 is 0 Å². The van der Waals surface area contributed by atoms with Gasteiger partial charge in [0.25, 0.3) is 0 Å². The van der Waals surface area contributed by atoms with Crippen LogP contribution in [0, 0.1) is 5.92 Å². The van der Waals surface area contributed by atoms with Crippen LogP contribution in [0.3, 0.4) is 0 Å². The minimum absolute atomic E-state index is 0.487. The molecule has 0 saturated carbocycles. The van der Waals surface area contributed by atoms with E-state index in [0.717, 1.165) is 17.0 Å². The quantitative estimate of drug-likeness (QED) is 0.857. The van der Waals surface area contributed by atoms with Crippen molar-refractivity contribution >= 4 is 5.69 Å². The van der Waals surface area contributed by atoms with Crippen molar-refractivity contribution in [2.45, 2.75) is 33.2 Å². The SMILES string of the molecule is CC(C)CC(C)Nc1ccc(-c2cnco2)cc1. The average molecular weight is 244 g/mol. The molecule has 0 fully saturated rings. The maximum absolute atomic E-state index is 5.26. The van der Waals surface area contributed by atoms with Crippen molar-refractivity contribution in [1.82, 2.24) is 4.98 Å². The van der Waals surface area contributed by atoms with Crippen LogP contribution in [0.4, 0.5) is 5.69 Å². The number of rotatable bonds is 5. The molecule has 2 aromatic rings. The largest absolute Gasteiger partial charge is 0.444 e. The van der Waals surface area contributed by atoms with E-state index in [9.17, 15) is 0 Å². The minimum atomic E-state index is 0.487. The third kappa shape index (κ3) is 3.36. The third-order valence-corrected chi connectivity index (χ3v) is 2.84. The molecule has 0 saturated heterocycles. The van der Waals surface area contributed by atoms with E-state index in [-0.39, 0.29) is 0 Å². The highest BCUT2D eigenvalue weighted by Crippen LogP contribution is 2.21. The molecule has 1 unspecified atom stereocenters. The van der Waals surface area contributed by atoms with Crippen LogP contribution in [-0.4, -0.2) is 11.0 Å². The molecular formula is C15H20N2O. The standard InChI is InChI=1S/C15H20N2O/c1-11(2)8-12(3)17-14-6-4-13(5-7-14)15-9-16-10-18-15/h4-7,9-12,17H,8H2,1-3H3. The zero-order chi connectivity index (χ0) is 13.0. The lowest BCUT2D eigenvalue weighted by molar-refractivity contribution is 0.540. The molecule has 3 nitrogen and oxygen atoms in total. The Labute approximate surface area is 108 Å². The first-order chi connectivity index (χ1) is 8.65. The molecule has 2 rings (SSSR count). The molecule has 96 valence electrons. The molecule has 0 spiro atoms. The first-order valence-electron chi connectivity index (χ1n) is 6.40. The van der Waals surface area contributed by atoms with Crippen molar-refractivity contribution in [1.29, 1.82) is 0 Å². The van der Waals surface area contributed by atoms with Crippen LogP contribution >= 0.6 is 0 Å². The van der Waals surface area contributed by atoms with E-state index >= 15 is 0 Å². The zero-order valence-electron chi connectivity index (χ0n) is 11.2. The fourth-order valence-electron chi connectivity index (χ4n) is 2.14. The second-order valence-electron chi connectivity index (χ2n) is 5.12. The summed E-state index contributed by atoms with van der Waals surface area (Å²) in [4.78, 5) is 3.92. The van der Waals surface area contributed by atoms with Crippen LogP contribution in [0.2, 0.25) is 0 Å². The van der Waals surface area contributed by atoms with E-state index in [1.807, 2.05) is 12.1 Å². The molecule has 1 atom stereocenters. The predicted molar refractivity (Wildman–Crippen MR) is 74.5 cm³/mol. The Morgan fingerprint density at radius 2 is 1.89 bits per heavy atom. The van der Waals surface area contributed by atoms with Crippen LogP contribution in [0.1, 0.15) is 27.2 Å². The van der Waals surface area contributed by atoms with Gasteiger partial charge in [-0.3, -0.25) is 0 Å². The molecule has 1 heterocycles. The predicted octanol–water partition coefficient (Wildman–Crippen LogP) is 4.19. The van der Waals surface area contributed by atoms with Crippen LogP contribution in [0.15, 0.2) is 41.3 Å². The lowest BCUT2D eigenvalue weighted by Gasteiger charge is -2.17. The van der Waals surface area contributed by atoms with Crippen molar-refractivity contribution in [2.24, 2.45) is 5.92 Å². The Bertz CT molecular complexity index is 460. The smallest absolute Gasteiger partial charge is 0.181 e. The Kier molecular flexibility index (Phi) is 4.03. The van der Waals surface area contributed by atoms with Gasteiger partial charge in [0.1, 0.15) is 0 Å². The van der Waals surface area contributed by atoms with Gasteiger partial charge in [-0.2, -0.15) is 0 Å². The molecule has 1 aromatic heterocycles. The summed E-state index contributed by atoms with van der Waals surface area (Å²) in [7, 11) is 0. The van der Waals surface area contributed by atoms with Gasteiger partial charge in [-0.15, -0.1) is 0 Å². The average Bonchev–Trinajstić information content (AvgIpc) is 2.82. The zero-order valence-corrected chi connectivity index (χ0v) is 11.2. The molecule has 0 amide bonds. The number of hydrogen-bond donors (Lipinski definition) is 1. The van der Waals surface area contributed by atoms with Gasteiger partial charge in [-0.05, 0) is 43.5 Å². The highest BCUT2D eigenvalue weighted by Gasteiger charge is 2.05. The molecule has 0 radical (unpaired) electrons. The minimum Gasteiger partial charge on any atom is -0.444 e. The summed E-state index contributed by atoms with van der Waals surface area (Å²) in [5.41, 5.74) is 2.20. The number of nitrogens with one attached hydrogen (secondary N) is 1. The van der Waals surface area contributed by atoms with Gasteiger partial charge in [0.15, 0.2) is 12.2 Å². The van der Waals surface area contributed by atoms with Crippen LogP contribution in [0.25, 0.3) is 11.3 Å². The van der Waals surface area contributed by atoms with Crippen molar-refractivity contribution in [3.63, 3.8) is 0 Å². The molecular weight excluding hydrogens is 224 g/mol. The maximum Gasteiger partial charge on any atom is 0.181 e. The van der Waals surface area contributed by atoms with Crippen LogP contribution in [-0.2, 0) is 0 Å². The highest BCUT2D eigenvalue weighted by molar-refractivity contribution is 5.60. The van der Waals surface area contributed by atoms with Gasteiger partial charge in [0.05, 0.1) is 6.20 Å². The van der Waals surface area contributed by atoms with Crippen LogP contribution < -0.4 is 5.32 Å². The highest BCUT2D eigenvalue weighted by atomic mass is 16.3. The fourth-order valence-corrected chi connectivity index (χ4v) is 2.14. The number of nitrogens with zero attached hydrogens (tertiary/aromatic N) is 1. The number of benzene rings is 1. The second kappa shape index (κ2) is 5.71.